The van der Waals surface area contributed by atoms with Crippen molar-refractivity contribution in [2.24, 2.45) is 0 Å². The summed E-state index contributed by atoms with van der Waals surface area (Å²) < 4.78 is 15.5. The van der Waals surface area contributed by atoms with Gasteiger partial charge in [-0.25, -0.2) is 4.79 Å². The van der Waals surface area contributed by atoms with E-state index in [0.29, 0.717) is 28.0 Å². The summed E-state index contributed by atoms with van der Waals surface area (Å²) in [5.41, 5.74) is 0.536. The second kappa shape index (κ2) is 7.38. The first-order valence-electron chi connectivity index (χ1n) is 6.29. The van der Waals surface area contributed by atoms with E-state index >= 15 is 0 Å². The molecule has 0 spiro atoms. The highest BCUT2D eigenvalue weighted by molar-refractivity contribution is 8.03. The highest BCUT2D eigenvalue weighted by Gasteiger charge is 2.16. The second-order valence-corrected chi connectivity index (χ2v) is 5.64. The maximum Gasteiger partial charge on any atom is 0.342 e. The number of hydrogen-bond donors (Lipinski definition) is 1. The van der Waals surface area contributed by atoms with Crippen LogP contribution in [0.5, 0.6) is 11.5 Å². The molecule has 0 amide bonds. The molecule has 0 aliphatic rings. The number of aliphatic carboxylic acids is 1. The molecule has 0 bridgehead atoms. The zero-order chi connectivity index (χ0) is 17.0. The summed E-state index contributed by atoms with van der Waals surface area (Å²) in [6.45, 7) is 1.62. The summed E-state index contributed by atoms with van der Waals surface area (Å²) >= 11 is 6.96. The Morgan fingerprint density at radius 1 is 1.35 bits per heavy atom. The van der Waals surface area contributed by atoms with Gasteiger partial charge in [0.25, 0.3) is 5.22 Å². The molecular weight excluding hydrogens is 344 g/mol. The fourth-order valence-corrected chi connectivity index (χ4v) is 2.73. The molecule has 0 unspecified atom stereocenters. The summed E-state index contributed by atoms with van der Waals surface area (Å²) in [4.78, 5) is 11.4. The standard InChI is InChI=1S/C14H13ClN2O5S/c1-7-16-17-14(22-7)23-11(13(18)19)6-8-4-9(15)12(21-3)10(5-8)20-2/h4-6H,1-3H3,(H,18,19)/b11-6-. The average molecular weight is 357 g/mol. The number of rotatable bonds is 6. The number of carboxylic acid groups (broad SMARTS) is 1. The number of halogens is 1. The van der Waals surface area contributed by atoms with Crippen molar-refractivity contribution in [2.75, 3.05) is 14.2 Å². The number of aryl methyl sites for hydroxylation is 1. The third-order valence-electron chi connectivity index (χ3n) is 2.67. The van der Waals surface area contributed by atoms with Crippen LogP contribution in [-0.2, 0) is 4.79 Å². The molecule has 122 valence electrons. The van der Waals surface area contributed by atoms with Crippen LogP contribution < -0.4 is 9.47 Å². The van der Waals surface area contributed by atoms with E-state index in [1.54, 1.807) is 19.1 Å². The fourth-order valence-electron chi connectivity index (χ4n) is 1.72. The number of carbonyl (C=O) groups is 1. The van der Waals surface area contributed by atoms with E-state index in [4.69, 9.17) is 25.5 Å². The van der Waals surface area contributed by atoms with E-state index in [1.807, 2.05) is 0 Å². The molecule has 0 radical (unpaired) electrons. The van der Waals surface area contributed by atoms with Gasteiger partial charge >= 0.3 is 5.97 Å². The van der Waals surface area contributed by atoms with Crippen molar-refractivity contribution >= 4 is 35.4 Å². The number of ether oxygens (including phenoxy) is 2. The van der Waals surface area contributed by atoms with Gasteiger partial charge in [0.05, 0.1) is 19.2 Å². The Morgan fingerprint density at radius 3 is 2.61 bits per heavy atom. The van der Waals surface area contributed by atoms with Crippen molar-refractivity contribution in [3.05, 3.63) is 33.5 Å². The van der Waals surface area contributed by atoms with Crippen molar-refractivity contribution in [1.82, 2.24) is 10.2 Å². The zero-order valence-electron chi connectivity index (χ0n) is 12.5. The Morgan fingerprint density at radius 2 is 2.09 bits per heavy atom. The number of benzene rings is 1. The molecule has 2 rings (SSSR count). The molecule has 0 atom stereocenters. The Kier molecular flexibility index (Phi) is 5.51. The Labute approximate surface area is 141 Å². The lowest BCUT2D eigenvalue weighted by molar-refractivity contribution is -0.131. The van der Waals surface area contributed by atoms with Crippen molar-refractivity contribution in [1.29, 1.82) is 0 Å². The van der Waals surface area contributed by atoms with Gasteiger partial charge in [-0.1, -0.05) is 11.6 Å². The van der Waals surface area contributed by atoms with Crippen LogP contribution in [0.4, 0.5) is 0 Å². The van der Waals surface area contributed by atoms with E-state index in [2.05, 4.69) is 10.2 Å². The molecule has 0 fully saturated rings. The summed E-state index contributed by atoms with van der Waals surface area (Å²) in [7, 11) is 2.94. The molecular formula is C14H13ClN2O5S. The van der Waals surface area contributed by atoms with Gasteiger partial charge in [-0.3, -0.25) is 0 Å². The zero-order valence-corrected chi connectivity index (χ0v) is 14.1. The number of methoxy groups -OCH3 is 2. The maximum atomic E-state index is 11.4. The first-order chi connectivity index (χ1) is 10.9. The van der Waals surface area contributed by atoms with E-state index in [1.165, 1.54) is 20.3 Å². The van der Waals surface area contributed by atoms with Gasteiger partial charge in [-0.15, -0.1) is 10.2 Å². The lowest BCUT2D eigenvalue weighted by Gasteiger charge is -2.10. The molecule has 1 aromatic heterocycles. The van der Waals surface area contributed by atoms with Gasteiger partial charge in [0.15, 0.2) is 11.5 Å². The van der Waals surface area contributed by atoms with E-state index in [9.17, 15) is 9.90 Å². The molecule has 9 heteroatoms. The van der Waals surface area contributed by atoms with Gasteiger partial charge in [-0.05, 0) is 35.5 Å². The third-order valence-corrected chi connectivity index (χ3v) is 3.80. The van der Waals surface area contributed by atoms with Gasteiger partial charge in [-0.2, -0.15) is 0 Å². The normalized spacial score (nSPS) is 11.4. The second-order valence-electron chi connectivity index (χ2n) is 4.24. The molecule has 0 saturated heterocycles. The molecule has 2 aromatic rings. The molecule has 1 N–H and O–H groups in total. The topological polar surface area (TPSA) is 94.7 Å². The molecule has 0 aliphatic carbocycles. The smallest absolute Gasteiger partial charge is 0.342 e. The van der Waals surface area contributed by atoms with Crippen molar-refractivity contribution in [3.8, 4) is 11.5 Å². The average Bonchev–Trinajstić information content (AvgIpc) is 2.91. The summed E-state index contributed by atoms with van der Waals surface area (Å²) in [6, 6.07) is 3.19. The monoisotopic (exact) mass is 356 g/mol. The van der Waals surface area contributed by atoms with Crippen LogP contribution in [0.3, 0.4) is 0 Å². The van der Waals surface area contributed by atoms with E-state index < -0.39 is 5.97 Å². The summed E-state index contributed by atoms with van der Waals surface area (Å²) in [5.74, 6) is 0.00107. The van der Waals surface area contributed by atoms with Crippen LogP contribution >= 0.6 is 23.4 Å². The summed E-state index contributed by atoms with van der Waals surface area (Å²) in [6.07, 6.45) is 1.43. The largest absolute Gasteiger partial charge is 0.493 e. The predicted molar refractivity (Wildman–Crippen MR) is 85.1 cm³/mol. The van der Waals surface area contributed by atoms with E-state index in [-0.39, 0.29) is 10.1 Å². The minimum atomic E-state index is -1.13. The predicted octanol–water partition coefficient (Wildman–Crippen LogP) is 3.27. The van der Waals surface area contributed by atoms with Crippen LogP contribution in [-0.4, -0.2) is 35.5 Å². The molecule has 0 aliphatic heterocycles. The van der Waals surface area contributed by atoms with Gasteiger partial charge in [0, 0.05) is 6.92 Å². The van der Waals surface area contributed by atoms with Crippen LogP contribution in [0.15, 0.2) is 26.7 Å². The fraction of sp³-hybridized carbons (Fsp3) is 0.214. The number of nitrogens with zero attached hydrogens (tertiary/aromatic N) is 2. The molecule has 1 aromatic carbocycles. The minimum Gasteiger partial charge on any atom is -0.493 e. The van der Waals surface area contributed by atoms with Gasteiger partial charge in [0.1, 0.15) is 4.91 Å². The van der Waals surface area contributed by atoms with Crippen LogP contribution in [0.1, 0.15) is 11.5 Å². The number of aromatic nitrogens is 2. The lowest BCUT2D eigenvalue weighted by Crippen LogP contribution is -1.97. The Bertz CT molecular complexity index is 760. The molecule has 23 heavy (non-hydrogen) atoms. The number of hydrogen-bond acceptors (Lipinski definition) is 7. The summed E-state index contributed by atoms with van der Waals surface area (Å²) in [5, 5.41) is 17.2. The molecule has 7 nitrogen and oxygen atoms in total. The number of carboxylic acids is 1. The Hall–Kier alpha value is -2.19. The van der Waals surface area contributed by atoms with Gasteiger partial charge < -0.3 is 19.0 Å². The van der Waals surface area contributed by atoms with E-state index in [0.717, 1.165) is 11.8 Å². The molecule has 0 saturated carbocycles. The highest BCUT2D eigenvalue weighted by atomic mass is 35.5. The first kappa shape index (κ1) is 17.2. The lowest BCUT2D eigenvalue weighted by atomic mass is 10.2. The third kappa shape index (κ3) is 4.17. The van der Waals surface area contributed by atoms with Gasteiger partial charge in [0.2, 0.25) is 5.89 Å². The minimum absolute atomic E-state index is 0.00284. The highest BCUT2D eigenvalue weighted by Crippen LogP contribution is 2.37. The van der Waals surface area contributed by atoms with Crippen molar-refractivity contribution in [3.63, 3.8) is 0 Å². The maximum absolute atomic E-state index is 11.4. The quantitative estimate of drug-likeness (QED) is 0.622. The molecule has 1 heterocycles. The van der Waals surface area contributed by atoms with Crippen molar-refractivity contribution in [2.45, 2.75) is 12.1 Å². The van der Waals surface area contributed by atoms with Crippen molar-refractivity contribution < 1.29 is 23.8 Å². The van der Waals surface area contributed by atoms with Crippen LogP contribution in [0, 0.1) is 6.92 Å². The Balaban J connectivity index is 2.39. The van der Waals surface area contributed by atoms with Crippen LogP contribution in [0.25, 0.3) is 6.08 Å². The first-order valence-corrected chi connectivity index (χ1v) is 7.48. The van der Waals surface area contributed by atoms with Crippen LogP contribution in [0.2, 0.25) is 5.02 Å². The SMILES string of the molecule is COc1cc(/C=C(\Sc2nnc(C)o2)C(=O)O)cc(Cl)c1OC. The number of thioether (sulfide) groups is 1.